The van der Waals surface area contributed by atoms with Crippen LogP contribution < -0.4 is 15.0 Å². The second kappa shape index (κ2) is 6.76. The third-order valence-corrected chi connectivity index (χ3v) is 4.94. The number of ether oxygens (including phenoxy) is 1. The first-order valence-corrected chi connectivity index (χ1v) is 8.87. The molecule has 5 heteroatoms. The van der Waals surface area contributed by atoms with Gasteiger partial charge in [0, 0.05) is 16.8 Å². The van der Waals surface area contributed by atoms with Gasteiger partial charge in [-0.25, -0.2) is 0 Å². The summed E-state index contributed by atoms with van der Waals surface area (Å²) in [5, 5.41) is 5.04. The van der Waals surface area contributed by atoms with Gasteiger partial charge in [-0.05, 0) is 31.4 Å². The van der Waals surface area contributed by atoms with E-state index in [0.717, 1.165) is 35.0 Å². The third-order valence-electron chi connectivity index (χ3n) is 4.94. The van der Waals surface area contributed by atoms with Gasteiger partial charge in [0.05, 0.1) is 25.9 Å². The average Bonchev–Trinajstić information content (AvgIpc) is 2.99. The highest BCUT2D eigenvalue weighted by molar-refractivity contribution is 6.07. The molecule has 25 heavy (non-hydrogen) atoms. The smallest absolute Gasteiger partial charge is 0.279 e. The van der Waals surface area contributed by atoms with E-state index >= 15 is 0 Å². The minimum atomic E-state index is 0.0191. The largest absolute Gasteiger partial charge is 0.495 e. The summed E-state index contributed by atoms with van der Waals surface area (Å²) in [6.45, 7) is 2.65. The maximum absolute atomic E-state index is 12.4. The van der Waals surface area contributed by atoms with E-state index in [2.05, 4.69) is 5.32 Å². The molecule has 1 aliphatic heterocycles. The number of para-hydroxylation sites is 1. The van der Waals surface area contributed by atoms with Crippen LogP contribution in [0.15, 0.2) is 40.8 Å². The standard InChI is InChI=1S/C20H22N2O3/c1-24-19-11-15-14-7-3-4-8-17(14)25-18(15)12-16(19)21-20(23)13-22-9-5-2-6-10-22/h3-4,7-8,11-12H,2,5-6,9-10,13H2,1H3,(H,21,23)/p+1. The number of quaternary nitrogens is 1. The predicted molar refractivity (Wildman–Crippen MR) is 98.3 cm³/mol. The monoisotopic (exact) mass is 339 g/mol. The number of hydrogen-bond donors (Lipinski definition) is 2. The van der Waals surface area contributed by atoms with Gasteiger partial charge in [-0.2, -0.15) is 0 Å². The van der Waals surface area contributed by atoms with Gasteiger partial charge in [0.15, 0.2) is 6.54 Å². The van der Waals surface area contributed by atoms with Gasteiger partial charge in [-0.1, -0.05) is 18.2 Å². The molecule has 130 valence electrons. The molecule has 0 radical (unpaired) electrons. The molecule has 0 spiro atoms. The highest BCUT2D eigenvalue weighted by Gasteiger charge is 2.19. The number of hydrogen-bond acceptors (Lipinski definition) is 3. The molecule has 1 saturated heterocycles. The summed E-state index contributed by atoms with van der Waals surface area (Å²) in [6.07, 6.45) is 3.69. The minimum Gasteiger partial charge on any atom is -0.495 e. The van der Waals surface area contributed by atoms with Crippen LogP contribution in [0.5, 0.6) is 5.75 Å². The van der Waals surface area contributed by atoms with Gasteiger partial charge >= 0.3 is 0 Å². The Labute approximate surface area is 146 Å². The van der Waals surface area contributed by atoms with Crippen molar-refractivity contribution in [2.45, 2.75) is 19.3 Å². The SMILES string of the molecule is COc1cc2c(cc1NC(=O)C[NH+]1CCCCC1)oc1ccccc12. The van der Waals surface area contributed by atoms with Crippen molar-refractivity contribution in [2.24, 2.45) is 0 Å². The quantitative estimate of drug-likeness (QED) is 0.768. The van der Waals surface area contributed by atoms with E-state index in [0.29, 0.717) is 18.0 Å². The fraction of sp³-hybridized carbons (Fsp3) is 0.350. The zero-order valence-corrected chi connectivity index (χ0v) is 14.4. The molecule has 1 amide bonds. The number of carbonyl (C=O) groups is 1. The molecule has 0 saturated carbocycles. The van der Waals surface area contributed by atoms with Crippen LogP contribution in [0.2, 0.25) is 0 Å². The van der Waals surface area contributed by atoms with Crippen LogP contribution in [0.25, 0.3) is 21.9 Å². The number of likely N-dealkylation sites (tertiary alicyclic amines) is 1. The number of fused-ring (bicyclic) bond motifs is 3. The molecule has 0 aliphatic carbocycles. The summed E-state index contributed by atoms with van der Waals surface area (Å²) in [5.41, 5.74) is 2.25. The van der Waals surface area contributed by atoms with E-state index in [4.69, 9.17) is 9.15 Å². The van der Waals surface area contributed by atoms with Crippen LogP contribution in [-0.4, -0.2) is 32.7 Å². The fourth-order valence-electron chi connectivity index (χ4n) is 3.67. The molecular formula is C20H23N2O3+. The summed E-state index contributed by atoms with van der Waals surface area (Å²) in [4.78, 5) is 13.8. The molecule has 1 aromatic heterocycles. The van der Waals surface area contributed by atoms with Crippen molar-refractivity contribution < 1.29 is 18.8 Å². The Morgan fingerprint density at radius 2 is 1.92 bits per heavy atom. The molecule has 2 N–H and O–H groups in total. The maximum Gasteiger partial charge on any atom is 0.279 e. The molecule has 3 aromatic rings. The van der Waals surface area contributed by atoms with Crippen molar-refractivity contribution in [1.82, 2.24) is 0 Å². The van der Waals surface area contributed by atoms with Gasteiger partial charge in [-0.15, -0.1) is 0 Å². The van der Waals surface area contributed by atoms with Crippen molar-refractivity contribution in [3.8, 4) is 5.75 Å². The van der Waals surface area contributed by atoms with E-state index in [9.17, 15) is 4.79 Å². The lowest BCUT2D eigenvalue weighted by atomic mass is 10.1. The molecule has 1 fully saturated rings. The Bertz CT molecular complexity index is 910. The summed E-state index contributed by atoms with van der Waals surface area (Å²) in [7, 11) is 1.62. The lowest BCUT2D eigenvalue weighted by molar-refractivity contribution is -0.896. The van der Waals surface area contributed by atoms with E-state index in [1.165, 1.54) is 24.2 Å². The van der Waals surface area contributed by atoms with Gasteiger partial charge in [0.2, 0.25) is 0 Å². The van der Waals surface area contributed by atoms with Gasteiger partial charge in [0.25, 0.3) is 5.91 Å². The number of piperidine rings is 1. The van der Waals surface area contributed by atoms with Gasteiger partial charge in [-0.3, -0.25) is 4.79 Å². The number of amides is 1. The Morgan fingerprint density at radius 3 is 2.72 bits per heavy atom. The van der Waals surface area contributed by atoms with Gasteiger partial charge in [0.1, 0.15) is 16.9 Å². The van der Waals surface area contributed by atoms with Gasteiger partial charge < -0.3 is 19.4 Å². The molecule has 2 aromatic carbocycles. The molecule has 4 rings (SSSR count). The van der Waals surface area contributed by atoms with Crippen LogP contribution in [0.4, 0.5) is 5.69 Å². The number of carbonyl (C=O) groups excluding carboxylic acids is 1. The zero-order valence-electron chi connectivity index (χ0n) is 14.4. The minimum absolute atomic E-state index is 0.0191. The van der Waals surface area contributed by atoms with E-state index in [1.807, 2.05) is 36.4 Å². The van der Waals surface area contributed by atoms with Crippen molar-refractivity contribution in [3.63, 3.8) is 0 Å². The topological polar surface area (TPSA) is 55.9 Å². The maximum atomic E-state index is 12.4. The normalized spacial score (nSPS) is 15.6. The molecule has 0 unspecified atom stereocenters. The summed E-state index contributed by atoms with van der Waals surface area (Å²) < 4.78 is 11.4. The van der Waals surface area contributed by atoms with Crippen LogP contribution in [-0.2, 0) is 4.79 Å². The predicted octanol–water partition coefficient (Wildman–Crippen LogP) is 2.60. The number of nitrogens with one attached hydrogen (secondary N) is 2. The zero-order chi connectivity index (χ0) is 17.2. The summed E-state index contributed by atoms with van der Waals surface area (Å²) >= 11 is 0. The number of methoxy groups -OCH3 is 1. The first kappa shape index (κ1) is 16.0. The van der Waals surface area contributed by atoms with E-state index in [1.54, 1.807) is 7.11 Å². The molecule has 1 aliphatic rings. The highest BCUT2D eigenvalue weighted by atomic mass is 16.5. The lowest BCUT2D eigenvalue weighted by Crippen LogP contribution is -3.13. The first-order valence-electron chi connectivity index (χ1n) is 8.87. The Morgan fingerprint density at radius 1 is 1.12 bits per heavy atom. The molecule has 0 bridgehead atoms. The molecule has 5 nitrogen and oxygen atoms in total. The third kappa shape index (κ3) is 3.20. The Hall–Kier alpha value is -2.53. The van der Waals surface area contributed by atoms with Crippen molar-refractivity contribution in [2.75, 3.05) is 32.1 Å². The number of benzene rings is 2. The summed E-state index contributed by atoms with van der Waals surface area (Å²) in [6, 6.07) is 11.7. The lowest BCUT2D eigenvalue weighted by Gasteiger charge is -2.23. The van der Waals surface area contributed by atoms with Crippen molar-refractivity contribution in [3.05, 3.63) is 36.4 Å². The van der Waals surface area contributed by atoms with Crippen LogP contribution in [0.3, 0.4) is 0 Å². The molecule has 0 atom stereocenters. The Balaban J connectivity index is 1.61. The van der Waals surface area contributed by atoms with E-state index in [-0.39, 0.29) is 5.91 Å². The van der Waals surface area contributed by atoms with Crippen LogP contribution in [0, 0.1) is 0 Å². The second-order valence-corrected chi connectivity index (χ2v) is 6.68. The van der Waals surface area contributed by atoms with Crippen LogP contribution in [0.1, 0.15) is 19.3 Å². The molecular weight excluding hydrogens is 316 g/mol. The van der Waals surface area contributed by atoms with E-state index < -0.39 is 0 Å². The summed E-state index contributed by atoms with van der Waals surface area (Å²) in [5.74, 6) is 0.673. The highest BCUT2D eigenvalue weighted by Crippen LogP contribution is 2.36. The first-order chi connectivity index (χ1) is 12.2. The number of furan rings is 1. The number of rotatable bonds is 4. The van der Waals surface area contributed by atoms with Crippen molar-refractivity contribution in [1.29, 1.82) is 0 Å². The fourth-order valence-corrected chi connectivity index (χ4v) is 3.67. The van der Waals surface area contributed by atoms with Crippen LogP contribution >= 0.6 is 0 Å². The molecule has 2 heterocycles. The van der Waals surface area contributed by atoms with Crippen molar-refractivity contribution >= 4 is 33.5 Å². The average molecular weight is 339 g/mol. The Kier molecular flexibility index (Phi) is 4.32. The second-order valence-electron chi connectivity index (χ2n) is 6.68. The number of anilines is 1.